The number of aryl methyl sites for hydroxylation is 1. The number of piperidine rings is 1. The van der Waals surface area contributed by atoms with Crippen LogP contribution in [0.2, 0.25) is 0 Å². The van der Waals surface area contributed by atoms with Crippen LogP contribution in [0, 0.1) is 12.8 Å². The second kappa shape index (κ2) is 7.65. The van der Waals surface area contributed by atoms with Gasteiger partial charge in [0.1, 0.15) is 18.3 Å². The van der Waals surface area contributed by atoms with E-state index in [0.29, 0.717) is 5.92 Å². The van der Waals surface area contributed by atoms with E-state index < -0.39 is 5.60 Å². The van der Waals surface area contributed by atoms with Gasteiger partial charge in [-0.1, -0.05) is 54.8 Å². The van der Waals surface area contributed by atoms with Gasteiger partial charge in [-0.3, -0.25) is 0 Å². The van der Waals surface area contributed by atoms with E-state index >= 15 is 0 Å². The van der Waals surface area contributed by atoms with Crippen molar-refractivity contribution in [2.45, 2.75) is 57.2 Å². The van der Waals surface area contributed by atoms with Gasteiger partial charge in [0.25, 0.3) is 0 Å². The number of aliphatic hydroxyl groups is 1. The number of rotatable bonds is 4. The molecule has 2 N–H and O–H groups in total. The lowest BCUT2D eigenvalue weighted by Gasteiger charge is -2.50. The summed E-state index contributed by atoms with van der Waals surface area (Å²) in [6, 6.07) is 17.6. The molecule has 0 spiro atoms. The zero-order valence-electron chi connectivity index (χ0n) is 16.6. The molecule has 1 saturated carbocycles. The summed E-state index contributed by atoms with van der Waals surface area (Å²) in [5, 5.41) is 11.5. The SMILES string of the molecule is COc1ccccc1[C@H]1[C@@H]2CCCC[C@]2(O)CC[NH+]1Cc1ccc(C)cc1. The number of nitrogens with one attached hydrogen (secondary N) is 1. The van der Waals surface area contributed by atoms with Gasteiger partial charge < -0.3 is 14.7 Å². The molecule has 3 nitrogen and oxygen atoms in total. The maximum atomic E-state index is 11.5. The summed E-state index contributed by atoms with van der Waals surface area (Å²) >= 11 is 0. The minimum Gasteiger partial charge on any atom is -0.496 e. The van der Waals surface area contributed by atoms with Gasteiger partial charge in [0.05, 0.1) is 24.8 Å². The Kier molecular flexibility index (Phi) is 5.25. The van der Waals surface area contributed by atoms with E-state index in [-0.39, 0.29) is 6.04 Å². The Balaban J connectivity index is 1.71. The molecule has 1 saturated heterocycles. The molecule has 2 aliphatic rings. The Labute approximate surface area is 163 Å². The second-order valence-electron chi connectivity index (χ2n) is 8.50. The van der Waals surface area contributed by atoms with E-state index in [4.69, 9.17) is 4.74 Å². The first-order valence-corrected chi connectivity index (χ1v) is 10.4. The maximum Gasteiger partial charge on any atom is 0.128 e. The third kappa shape index (κ3) is 3.63. The van der Waals surface area contributed by atoms with E-state index in [1.165, 1.54) is 23.1 Å². The molecule has 1 unspecified atom stereocenters. The van der Waals surface area contributed by atoms with Gasteiger partial charge in [-0.15, -0.1) is 0 Å². The van der Waals surface area contributed by atoms with Crippen LogP contribution in [0.25, 0.3) is 0 Å². The quantitative estimate of drug-likeness (QED) is 0.869. The highest BCUT2D eigenvalue weighted by atomic mass is 16.5. The molecular formula is C24H32NO2+. The summed E-state index contributed by atoms with van der Waals surface area (Å²) in [6.45, 7) is 4.14. The van der Waals surface area contributed by atoms with Crippen LogP contribution >= 0.6 is 0 Å². The van der Waals surface area contributed by atoms with Gasteiger partial charge in [0, 0.05) is 17.9 Å². The number of quaternary nitrogens is 1. The molecule has 4 rings (SSSR count). The molecule has 2 aromatic rings. The fourth-order valence-electron chi connectivity index (χ4n) is 5.38. The van der Waals surface area contributed by atoms with Gasteiger partial charge in [0.15, 0.2) is 0 Å². The summed E-state index contributed by atoms with van der Waals surface area (Å²) in [7, 11) is 1.76. The van der Waals surface area contributed by atoms with Crippen molar-refractivity contribution < 1.29 is 14.7 Å². The van der Waals surface area contributed by atoms with Crippen molar-refractivity contribution in [3.63, 3.8) is 0 Å². The molecule has 1 heterocycles. The third-order valence-electron chi connectivity index (χ3n) is 6.81. The number of ether oxygens (including phenoxy) is 1. The van der Waals surface area contributed by atoms with Crippen molar-refractivity contribution in [3.05, 3.63) is 65.2 Å². The molecule has 27 heavy (non-hydrogen) atoms. The Morgan fingerprint density at radius 2 is 1.85 bits per heavy atom. The van der Waals surface area contributed by atoms with Crippen LogP contribution in [0.1, 0.15) is 54.8 Å². The Hall–Kier alpha value is -1.84. The van der Waals surface area contributed by atoms with Gasteiger partial charge in [-0.2, -0.15) is 0 Å². The molecule has 0 amide bonds. The highest BCUT2D eigenvalue weighted by molar-refractivity contribution is 5.36. The van der Waals surface area contributed by atoms with E-state index in [2.05, 4.69) is 49.4 Å². The van der Waals surface area contributed by atoms with Crippen LogP contribution in [0.4, 0.5) is 0 Å². The van der Waals surface area contributed by atoms with Gasteiger partial charge in [-0.05, 0) is 31.9 Å². The smallest absolute Gasteiger partial charge is 0.128 e. The molecule has 0 radical (unpaired) electrons. The molecule has 1 aliphatic heterocycles. The first-order chi connectivity index (χ1) is 13.1. The second-order valence-corrected chi connectivity index (χ2v) is 8.50. The minimum atomic E-state index is -0.513. The van der Waals surface area contributed by atoms with Crippen molar-refractivity contribution in [2.75, 3.05) is 13.7 Å². The molecule has 3 heteroatoms. The van der Waals surface area contributed by atoms with E-state index in [0.717, 1.165) is 44.5 Å². The number of hydrogen-bond donors (Lipinski definition) is 2. The summed E-state index contributed by atoms with van der Waals surface area (Å²) in [6.07, 6.45) is 5.33. The normalized spacial score (nSPS) is 30.6. The van der Waals surface area contributed by atoms with E-state index in [9.17, 15) is 5.11 Å². The number of methoxy groups -OCH3 is 1. The molecular weight excluding hydrogens is 334 g/mol. The summed E-state index contributed by atoms with van der Waals surface area (Å²) < 4.78 is 5.73. The van der Waals surface area contributed by atoms with Crippen LogP contribution < -0.4 is 9.64 Å². The molecule has 0 aromatic heterocycles. The highest BCUT2D eigenvalue weighted by Crippen LogP contribution is 2.45. The molecule has 2 aromatic carbocycles. The van der Waals surface area contributed by atoms with Gasteiger partial charge in [0.2, 0.25) is 0 Å². The fraction of sp³-hybridized carbons (Fsp3) is 0.500. The van der Waals surface area contributed by atoms with Gasteiger partial charge in [-0.25, -0.2) is 0 Å². The lowest BCUT2D eigenvalue weighted by molar-refractivity contribution is -0.958. The predicted octanol–water partition coefficient (Wildman–Crippen LogP) is 3.45. The van der Waals surface area contributed by atoms with Crippen LogP contribution in [0.3, 0.4) is 0 Å². The van der Waals surface area contributed by atoms with E-state index in [1.54, 1.807) is 12.0 Å². The summed E-state index contributed by atoms with van der Waals surface area (Å²) in [5.41, 5.74) is 3.42. The van der Waals surface area contributed by atoms with Crippen molar-refractivity contribution in [3.8, 4) is 5.75 Å². The first-order valence-electron chi connectivity index (χ1n) is 10.4. The zero-order chi connectivity index (χ0) is 18.9. The lowest BCUT2D eigenvalue weighted by Crippen LogP contribution is -3.13. The Bertz CT molecular complexity index is 772. The lowest BCUT2D eigenvalue weighted by atomic mass is 9.66. The average Bonchev–Trinajstić information content (AvgIpc) is 2.69. The van der Waals surface area contributed by atoms with Crippen LogP contribution in [-0.2, 0) is 6.54 Å². The largest absolute Gasteiger partial charge is 0.496 e. The van der Waals surface area contributed by atoms with Gasteiger partial charge >= 0.3 is 0 Å². The number of hydrogen-bond acceptors (Lipinski definition) is 2. The number of likely N-dealkylation sites (tertiary alicyclic amines) is 1. The number of para-hydroxylation sites is 1. The van der Waals surface area contributed by atoms with Crippen LogP contribution in [0.5, 0.6) is 5.75 Å². The summed E-state index contributed by atoms with van der Waals surface area (Å²) in [4.78, 5) is 1.56. The molecule has 0 bridgehead atoms. The average molecular weight is 367 g/mol. The monoisotopic (exact) mass is 366 g/mol. The molecule has 2 fully saturated rings. The van der Waals surface area contributed by atoms with Crippen LogP contribution in [0.15, 0.2) is 48.5 Å². The molecule has 1 aliphatic carbocycles. The maximum absolute atomic E-state index is 11.5. The van der Waals surface area contributed by atoms with Crippen molar-refractivity contribution in [1.29, 1.82) is 0 Å². The van der Waals surface area contributed by atoms with Crippen molar-refractivity contribution in [1.82, 2.24) is 0 Å². The topological polar surface area (TPSA) is 33.9 Å². The standard InChI is InChI=1S/C24H31NO2/c1-18-10-12-19(13-11-18)17-25-16-15-24(26)14-6-5-8-21(24)23(25)20-7-3-4-9-22(20)27-2/h3-4,7,9-13,21,23,26H,5-6,8,14-17H2,1-2H3/p+1/t21-,23-,24-/m0/s1. The predicted molar refractivity (Wildman–Crippen MR) is 108 cm³/mol. The number of fused-ring (bicyclic) bond motifs is 1. The molecule has 144 valence electrons. The van der Waals surface area contributed by atoms with Crippen molar-refractivity contribution >= 4 is 0 Å². The van der Waals surface area contributed by atoms with Crippen LogP contribution in [-0.4, -0.2) is 24.4 Å². The van der Waals surface area contributed by atoms with Crippen molar-refractivity contribution in [2.24, 2.45) is 5.92 Å². The first kappa shape index (κ1) is 18.5. The highest BCUT2D eigenvalue weighted by Gasteiger charge is 2.52. The third-order valence-corrected chi connectivity index (χ3v) is 6.81. The molecule has 4 atom stereocenters. The van der Waals surface area contributed by atoms with E-state index in [1.807, 2.05) is 6.07 Å². The fourth-order valence-corrected chi connectivity index (χ4v) is 5.38. The Morgan fingerprint density at radius 3 is 2.63 bits per heavy atom. The zero-order valence-corrected chi connectivity index (χ0v) is 16.6. The minimum absolute atomic E-state index is 0.279. The number of benzene rings is 2. The summed E-state index contributed by atoms with van der Waals surface area (Å²) in [5.74, 6) is 1.26. The Morgan fingerprint density at radius 1 is 1.07 bits per heavy atom.